The van der Waals surface area contributed by atoms with Crippen LogP contribution in [0.1, 0.15) is 65.2 Å². The molecule has 2 aliphatic rings. The van der Waals surface area contributed by atoms with Crippen LogP contribution in [0, 0.1) is 11.8 Å². The molecule has 23 heavy (non-hydrogen) atoms. The lowest BCUT2D eigenvalue weighted by Crippen LogP contribution is -2.10. The Morgan fingerprint density at radius 2 is 1.17 bits per heavy atom. The lowest BCUT2D eigenvalue weighted by Gasteiger charge is -2.24. The normalized spacial score (nSPS) is 25.1. The van der Waals surface area contributed by atoms with Crippen LogP contribution in [0.25, 0.3) is 0 Å². The Morgan fingerprint density at radius 3 is 1.48 bits per heavy atom. The Balaban J connectivity index is 1.61. The molecule has 0 saturated heterocycles. The maximum Gasteiger partial charge on any atom is 0.0654 e. The molecule has 0 spiro atoms. The molecule has 0 heterocycles. The van der Waals surface area contributed by atoms with Crippen molar-refractivity contribution < 1.29 is 4.74 Å². The van der Waals surface area contributed by atoms with Crippen molar-refractivity contribution in [3.05, 3.63) is 47.6 Å². The standard InChI is InChI=1S/C22H34O/c1-17(2)21-9-5-19(6-10-21)13-15-23-16-14-20-7-11-22(12-8-20)18(3)4/h13-14,21-22H,1,3,5-12,15-16H2,2,4H3. The fourth-order valence-corrected chi connectivity index (χ4v) is 3.79. The highest BCUT2D eigenvalue weighted by atomic mass is 16.5. The molecule has 0 bridgehead atoms. The summed E-state index contributed by atoms with van der Waals surface area (Å²) in [5, 5.41) is 0. The Hall–Kier alpha value is -1.08. The van der Waals surface area contributed by atoms with Gasteiger partial charge in [-0.2, -0.15) is 0 Å². The number of ether oxygens (including phenoxy) is 1. The molecule has 1 heteroatoms. The molecule has 2 aliphatic carbocycles. The Kier molecular flexibility index (Phi) is 7.36. The third-order valence-electron chi connectivity index (χ3n) is 5.63. The first-order valence-electron chi connectivity index (χ1n) is 9.30. The highest BCUT2D eigenvalue weighted by Crippen LogP contribution is 2.32. The Bertz CT molecular complexity index is 416. The molecular formula is C22H34O. The molecule has 0 unspecified atom stereocenters. The molecule has 0 aromatic carbocycles. The zero-order valence-corrected chi connectivity index (χ0v) is 15.2. The van der Waals surface area contributed by atoms with E-state index in [1.165, 1.54) is 62.5 Å². The zero-order valence-electron chi connectivity index (χ0n) is 15.2. The van der Waals surface area contributed by atoms with Crippen molar-refractivity contribution in [2.45, 2.75) is 65.2 Å². The second-order valence-corrected chi connectivity index (χ2v) is 7.50. The van der Waals surface area contributed by atoms with Crippen LogP contribution >= 0.6 is 0 Å². The van der Waals surface area contributed by atoms with E-state index in [4.69, 9.17) is 4.74 Å². The van der Waals surface area contributed by atoms with Gasteiger partial charge in [-0.25, -0.2) is 0 Å². The average Bonchev–Trinajstić information content (AvgIpc) is 2.55. The fourth-order valence-electron chi connectivity index (χ4n) is 3.79. The van der Waals surface area contributed by atoms with Crippen molar-refractivity contribution in [3.63, 3.8) is 0 Å². The summed E-state index contributed by atoms with van der Waals surface area (Å²) in [4.78, 5) is 0. The molecule has 0 aromatic rings. The van der Waals surface area contributed by atoms with E-state index in [9.17, 15) is 0 Å². The lowest BCUT2D eigenvalue weighted by atomic mass is 9.82. The Labute approximate surface area is 143 Å². The minimum absolute atomic E-state index is 0.743. The maximum absolute atomic E-state index is 5.80. The molecule has 2 saturated carbocycles. The molecule has 1 nitrogen and oxygen atoms in total. The summed E-state index contributed by atoms with van der Waals surface area (Å²) in [5.74, 6) is 1.49. The van der Waals surface area contributed by atoms with Gasteiger partial charge < -0.3 is 4.74 Å². The highest BCUT2D eigenvalue weighted by molar-refractivity contribution is 5.11. The van der Waals surface area contributed by atoms with Gasteiger partial charge in [-0.1, -0.05) is 47.6 Å². The van der Waals surface area contributed by atoms with E-state index in [1.54, 1.807) is 11.1 Å². The highest BCUT2D eigenvalue weighted by Gasteiger charge is 2.17. The molecule has 0 aromatic heterocycles. The second-order valence-electron chi connectivity index (χ2n) is 7.50. The van der Waals surface area contributed by atoms with Crippen molar-refractivity contribution in [3.8, 4) is 0 Å². The smallest absolute Gasteiger partial charge is 0.0654 e. The van der Waals surface area contributed by atoms with Crippen LogP contribution in [0.5, 0.6) is 0 Å². The summed E-state index contributed by atoms with van der Waals surface area (Å²) >= 11 is 0. The van der Waals surface area contributed by atoms with Gasteiger partial charge in [0.25, 0.3) is 0 Å². The SMILES string of the molecule is C=C(C)C1CCC(=CCOCC=C2CCC(C(=C)C)CC2)CC1. The number of hydrogen-bond donors (Lipinski definition) is 0. The minimum Gasteiger partial charge on any atom is -0.373 e. The van der Waals surface area contributed by atoms with Gasteiger partial charge in [0.15, 0.2) is 0 Å². The quantitative estimate of drug-likeness (QED) is 0.408. The summed E-state index contributed by atoms with van der Waals surface area (Å²) in [6.45, 7) is 14.1. The first-order valence-corrected chi connectivity index (χ1v) is 9.30. The van der Waals surface area contributed by atoms with Crippen LogP contribution in [0.3, 0.4) is 0 Å². The van der Waals surface area contributed by atoms with Crippen LogP contribution < -0.4 is 0 Å². The number of allylic oxidation sites excluding steroid dienone is 4. The predicted octanol–water partition coefficient (Wildman–Crippen LogP) is 6.39. The topological polar surface area (TPSA) is 9.23 Å². The van der Waals surface area contributed by atoms with E-state index in [-0.39, 0.29) is 0 Å². The maximum atomic E-state index is 5.80. The summed E-state index contributed by atoms with van der Waals surface area (Å²) in [6.07, 6.45) is 14.6. The van der Waals surface area contributed by atoms with Crippen molar-refractivity contribution in [2.24, 2.45) is 11.8 Å². The first kappa shape index (κ1) is 18.3. The summed E-state index contributed by atoms with van der Waals surface area (Å²) < 4.78 is 5.80. The molecule has 2 rings (SSSR count). The zero-order chi connectivity index (χ0) is 16.7. The van der Waals surface area contributed by atoms with Crippen molar-refractivity contribution in [1.82, 2.24) is 0 Å². The summed E-state index contributed by atoms with van der Waals surface area (Å²) in [5.41, 5.74) is 5.87. The molecule has 0 atom stereocenters. The van der Waals surface area contributed by atoms with Crippen molar-refractivity contribution in [2.75, 3.05) is 13.2 Å². The van der Waals surface area contributed by atoms with Gasteiger partial charge in [0.05, 0.1) is 13.2 Å². The van der Waals surface area contributed by atoms with Gasteiger partial charge in [-0.05, 0) is 77.0 Å². The van der Waals surface area contributed by atoms with Crippen LogP contribution in [0.2, 0.25) is 0 Å². The fraction of sp³-hybridized carbons (Fsp3) is 0.636. The van der Waals surface area contributed by atoms with Gasteiger partial charge in [-0.15, -0.1) is 0 Å². The average molecular weight is 315 g/mol. The summed E-state index contributed by atoms with van der Waals surface area (Å²) in [6, 6.07) is 0. The lowest BCUT2D eigenvalue weighted by molar-refractivity contribution is 0.191. The first-order chi connectivity index (χ1) is 11.1. The molecule has 0 radical (unpaired) electrons. The third kappa shape index (κ3) is 6.14. The van der Waals surface area contributed by atoms with Gasteiger partial charge in [0.1, 0.15) is 0 Å². The summed E-state index contributed by atoms with van der Waals surface area (Å²) in [7, 11) is 0. The molecule has 2 fully saturated rings. The van der Waals surface area contributed by atoms with Gasteiger partial charge in [0, 0.05) is 0 Å². The second kappa shape index (κ2) is 9.27. The van der Waals surface area contributed by atoms with Crippen molar-refractivity contribution >= 4 is 0 Å². The van der Waals surface area contributed by atoms with Gasteiger partial charge in [-0.3, -0.25) is 0 Å². The Morgan fingerprint density at radius 1 is 0.826 bits per heavy atom. The van der Waals surface area contributed by atoms with E-state index in [1.807, 2.05) is 0 Å². The number of hydrogen-bond acceptors (Lipinski definition) is 1. The van der Waals surface area contributed by atoms with E-state index < -0.39 is 0 Å². The predicted molar refractivity (Wildman–Crippen MR) is 101 cm³/mol. The van der Waals surface area contributed by atoms with Gasteiger partial charge in [0.2, 0.25) is 0 Å². The largest absolute Gasteiger partial charge is 0.373 e. The van der Waals surface area contributed by atoms with E-state index in [0.717, 1.165) is 25.0 Å². The van der Waals surface area contributed by atoms with Crippen LogP contribution in [0.4, 0.5) is 0 Å². The molecule has 0 aliphatic heterocycles. The van der Waals surface area contributed by atoms with Gasteiger partial charge >= 0.3 is 0 Å². The number of rotatable bonds is 6. The van der Waals surface area contributed by atoms with Crippen molar-refractivity contribution in [1.29, 1.82) is 0 Å². The van der Waals surface area contributed by atoms with E-state index in [0.29, 0.717) is 0 Å². The minimum atomic E-state index is 0.743. The molecule has 0 N–H and O–H groups in total. The van der Waals surface area contributed by atoms with E-state index >= 15 is 0 Å². The molecule has 0 amide bonds. The third-order valence-corrected chi connectivity index (χ3v) is 5.63. The molecule has 128 valence electrons. The monoisotopic (exact) mass is 314 g/mol. The van der Waals surface area contributed by atoms with Crippen LogP contribution in [-0.2, 0) is 4.74 Å². The van der Waals surface area contributed by atoms with Crippen LogP contribution in [0.15, 0.2) is 47.6 Å². The molecular weight excluding hydrogens is 280 g/mol. The van der Waals surface area contributed by atoms with E-state index in [2.05, 4.69) is 39.2 Å². The van der Waals surface area contributed by atoms with Crippen LogP contribution in [-0.4, -0.2) is 13.2 Å².